The smallest absolute Gasteiger partial charge is 0.254 e. The summed E-state index contributed by atoms with van der Waals surface area (Å²) in [5, 5.41) is 0. The van der Waals surface area contributed by atoms with Gasteiger partial charge < -0.3 is 4.90 Å². The van der Waals surface area contributed by atoms with Gasteiger partial charge in [-0.1, -0.05) is 32.0 Å². The third-order valence-corrected chi connectivity index (χ3v) is 4.16. The summed E-state index contributed by atoms with van der Waals surface area (Å²) in [6, 6.07) is 8.27. The maximum atomic E-state index is 12.3. The predicted octanol–water partition coefficient (Wildman–Crippen LogP) is 2.90. The second kappa shape index (κ2) is 3.93. The Morgan fingerprint density at radius 1 is 1.12 bits per heavy atom. The maximum Gasteiger partial charge on any atom is 0.254 e. The quantitative estimate of drug-likeness (QED) is 0.654. The third-order valence-electron chi connectivity index (χ3n) is 4.16. The van der Waals surface area contributed by atoms with Gasteiger partial charge in [-0.2, -0.15) is 0 Å². The third kappa shape index (κ3) is 1.53. The van der Waals surface area contributed by atoms with Gasteiger partial charge in [0.15, 0.2) is 0 Å². The maximum absolute atomic E-state index is 12.3. The van der Waals surface area contributed by atoms with Crippen molar-refractivity contribution in [2.75, 3.05) is 7.05 Å². The van der Waals surface area contributed by atoms with E-state index in [4.69, 9.17) is 0 Å². The Morgan fingerprint density at radius 3 is 2.44 bits per heavy atom. The first kappa shape index (κ1) is 11.2. The molecule has 2 nitrogen and oxygen atoms in total. The average Bonchev–Trinajstić information content (AvgIpc) is 2.38. The lowest BCUT2D eigenvalue weighted by Gasteiger charge is -2.29. The largest absolute Gasteiger partial charge is 0.339 e. The number of fused-ring (bicyclic) bond motifs is 1. The van der Waals surface area contributed by atoms with Crippen LogP contribution in [0, 0.1) is 5.92 Å². The molecule has 1 aliphatic heterocycles. The molecule has 2 heteroatoms. The number of carbonyl (C=O) groups is 1. The minimum absolute atomic E-state index is 0.152. The zero-order valence-electron chi connectivity index (χ0n) is 10.4. The van der Waals surface area contributed by atoms with Crippen LogP contribution in [0.3, 0.4) is 0 Å². The van der Waals surface area contributed by atoms with E-state index in [1.54, 1.807) is 0 Å². The lowest BCUT2D eigenvalue weighted by atomic mass is 9.84. The number of amides is 1. The molecule has 1 aromatic rings. The molecule has 0 aromatic heterocycles. The van der Waals surface area contributed by atoms with Crippen LogP contribution in [0.4, 0.5) is 0 Å². The molecule has 0 aliphatic carbocycles. The van der Waals surface area contributed by atoms with Crippen molar-refractivity contribution in [3.63, 3.8) is 0 Å². The zero-order chi connectivity index (χ0) is 11.9. The summed E-state index contributed by atoms with van der Waals surface area (Å²) in [5.41, 5.74) is 2.06. The van der Waals surface area contributed by atoms with Gasteiger partial charge in [-0.3, -0.25) is 4.79 Å². The number of hydrogen-bond donors (Lipinski definition) is 0. The van der Waals surface area contributed by atoms with Gasteiger partial charge in [-0.25, -0.2) is 0 Å². The second-order valence-corrected chi connectivity index (χ2v) is 4.89. The zero-order valence-corrected chi connectivity index (χ0v) is 10.4. The normalized spacial score (nSPS) is 29.9. The molecular weight excluding hydrogens is 198 g/mol. The van der Waals surface area contributed by atoms with Gasteiger partial charge in [-0.15, -0.1) is 0 Å². The van der Waals surface area contributed by atoms with Crippen LogP contribution in [-0.4, -0.2) is 23.9 Å². The highest BCUT2D eigenvalue weighted by atomic mass is 16.2. The Morgan fingerprint density at radius 2 is 1.75 bits per heavy atom. The lowest BCUT2D eigenvalue weighted by molar-refractivity contribution is 0.0709. The highest BCUT2D eigenvalue weighted by Crippen LogP contribution is 2.34. The van der Waals surface area contributed by atoms with Crippen molar-refractivity contribution in [2.45, 2.75) is 32.7 Å². The molecule has 16 heavy (non-hydrogen) atoms. The summed E-state index contributed by atoms with van der Waals surface area (Å²) in [6.45, 7) is 6.57. The van der Waals surface area contributed by atoms with Gasteiger partial charge in [0.1, 0.15) is 0 Å². The summed E-state index contributed by atoms with van der Waals surface area (Å²) >= 11 is 0. The van der Waals surface area contributed by atoms with E-state index in [0.717, 1.165) is 5.56 Å². The first-order valence-electron chi connectivity index (χ1n) is 5.90. The van der Waals surface area contributed by atoms with Crippen molar-refractivity contribution < 1.29 is 4.79 Å². The fraction of sp³-hybridized carbons (Fsp3) is 0.500. The Bertz CT molecular complexity index is 413. The monoisotopic (exact) mass is 217 g/mol. The molecule has 1 aliphatic rings. The summed E-state index contributed by atoms with van der Waals surface area (Å²) in [6.07, 6.45) is 0. The highest BCUT2D eigenvalue weighted by molar-refractivity contribution is 5.96. The Hall–Kier alpha value is -1.31. The van der Waals surface area contributed by atoms with Crippen molar-refractivity contribution in [3.8, 4) is 0 Å². The molecule has 2 unspecified atom stereocenters. The Balaban J connectivity index is 2.57. The number of nitrogens with zero attached hydrogens (tertiary/aromatic N) is 1. The molecule has 1 aromatic carbocycles. The van der Waals surface area contributed by atoms with Crippen LogP contribution in [0.1, 0.15) is 42.6 Å². The average molecular weight is 217 g/mol. The van der Waals surface area contributed by atoms with Crippen LogP contribution in [0.5, 0.6) is 0 Å². The molecule has 0 fully saturated rings. The van der Waals surface area contributed by atoms with E-state index in [-0.39, 0.29) is 11.9 Å². The molecule has 0 saturated heterocycles. The molecule has 1 heterocycles. The molecule has 0 N–H and O–H groups in total. The fourth-order valence-corrected chi connectivity index (χ4v) is 2.52. The predicted molar refractivity (Wildman–Crippen MR) is 65.6 cm³/mol. The Kier molecular flexibility index (Phi) is 2.75. The SMILES string of the molecule is CC1c2ccccc2C(=O)N(C)[C@@H](C)C1C. The van der Waals surface area contributed by atoms with Crippen LogP contribution in [0.2, 0.25) is 0 Å². The van der Waals surface area contributed by atoms with Crippen molar-refractivity contribution in [1.82, 2.24) is 4.90 Å². The van der Waals surface area contributed by atoms with Crippen molar-refractivity contribution in [2.24, 2.45) is 5.92 Å². The summed E-state index contributed by atoms with van der Waals surface area (Å²) in [5.74, 6) is 1.07. The van der Waals surface area contributed by atoms with Crippen LogP contribution in [0.15, 0.2) is 24.3 Å². The topological polar surface area (TPSA) is 20.3 Å². The first-order valence-corrected chi connectivity index (χ1v) is 5.90. The van der Waals surface area contributed by atoms with Crippen LogP contribution >= 0.6 is 0 Å². The van der Waals surface area contributed by atoms with Crippen LogP contribution in [-0.2, 0) is 0 Å². The van der Waals surface area contributed by atoms with Gasteiger partial charge >= 0.3 is 0 Å². The number of benzene rings is 1. The van der Waals surface area contributed by atoms with Gasteiger partial charge in [0.05, 0.1) is 0 Å². The van der Waals surface area contributed by atoms with Crippen molar-refractivity contribution in [1.29, 1.82) is 0 Å². The molecule has 2 rings (SSSR count). The van der Waals surface area contributed by atoms with E-state index < -0.39 is 0 Å². The Labute approximate surface area is 97.3 Å². The van der Waals surface area contributed by atoms with E-state index in [2.05, 4.69) is 26.8 Å². The molecule has 0 bridgehead atoms. The lowest BCUT2D eigenvalue weighted by Crippen LogP contribution is -2.37. The minimum Gasteiger partial charge on any atom is -0.339 e. The van der Waals surface area contributed by atoms with Gasteiger partial charge in [-0.05, 0) is 30.4 Å². The molecule has 3 atom stereocenters. The standard InChI is InChI=1S/C14H19NO/c1-9-10(2)12-7-5-6-8-13(12)14(16)15(4)11(9)3/h5-11H,1-4H3/t9?,10?,11-/m0/s1. The van der Waals surface area contributed by atoms with Gasteiger partial charge in [0.25, 0.3) is 5.91 Å². The molecular formula is C14H19NO. The summed E-state index contributed by atoms with van der Waals surface area (Å²) < 4.78 is 0. The van der Waals surface area contributed by atoms with E-state index in [1.165, 1.54) is 5.56 Å². The first-order chi connectivity index (χ1) is 7.54. The van der Waals surface area contributed by atoms with E-state index in [0.29, 0.717) is 11.8 Å². The van der Waals surface area contributed by atoms with Gasteiger partial charge in [0.2, 0.25) is 0 Å². The number of rotatable bonds is 0. The van der Waals surface area contributed by atoms with Crippen LogP contribution in [0.25, 0.3) is 0 Å². The number of carbonyl (C=O) groups excluding carboxylic acids is 1. The van der Waals surface area contributed by atoms with Crippen LogP contribution < -0.4 is 0 Å². The molecule has 0 radical (unpaired) electrons. The highest BCUT2D eigenvalue weighted by Gasteiger charge is 2.33. The molecule has 0 saturated carbocycles. The van der Waals surface area contributed by atoms with Crippen molar-refractivity contribution in [3.05, 3.63) is 35.4 Å². The molecule has 1 amide bonds. The van der Waals surface area contributed by atoms with E-state index in [1.807, 2.05) is 30.1 Å². The number of hydrogen-bond acceptors (Lipinski definition) is 1. The fourth-order valence-electron chi connectivity index (χ4n) is 2.52. The summed E-state index contributed by atoms with van der Waals surface area (Å²) in [4.78, 5) is 14.1. The van der Waals surface area contributed by atoms with E-state index >= 15 is 0 Å². The summed E-state index contributed by atoms with van der Waals surface area (Å²) in [7, 11) is 1.90. The van der Waals surface area contributed by atoms with Gasteiger partial charge in [0, 0.05) is 18.7 Å². The van der Waals surface area contributed by atoms with E-state index in [9.17, 15) is 4.79 Å². The van der Waals surface area contributed by atoms with Crippen molar-refractivity contribution >= 4 is 5.91 Å². The molecule has 0 spiro atoms. The minimum atomic E-state index is 0.152. The molecule has 86 valence electrons. The second-order valence-electron chi connectivity index (χ2n) is 4.89.